The van der Waals surface area contributed by atoms with Gasteiger partial charge in [0.1, 0.15) is 5.75 Å². The summed E-state index contributed by atoms with van der Waals surface area (Å²) in [5, 5.41) is 9.41. The summed E-state index contributed by atoms with van der Waals surface area (Å²) in [4.78, 5) is 0. The van der Waals surface area contributed by atoms with Gasteiger partial charge in [0.05, 0.1) is 12.7 Å². The van der Waals surface area contributed by atoms with E-state index in [1.54, 1.807) is 6.92 Å². The Hall–Kier alpha value is -1.02. The lowest BCUT2D eigenvalue weighted by Gasteiger charge is -2.08. The Morgan fingerprint density at radius 1 is 0.947 bits per heavy atom. The highest BCUT2D eigenvalue weighted by Gasteiger charge is 2.00. The molecule has 2 heteroatoms. The zero-order valence-corrected chi connectivity index (χ0v) is 12.4. The molecule has 0 saturated carbocycles. The third-order valence-corrected chi connectivity index (χ3v) is 3.38. The first-order valence-corrected chi connectivity index (χ1v) is 7.65. The van der Waals surface area contributed by atoms with E-state index in [4.69, 9.17) is 4.74 Å². The van der Waals surface area contributed by atoms with Crippen molar-refractivity contribution in [3.63, 3.8) is 0 Å². The molecule has 1 unspecified atom stereocenters. The first-order valence-electron chi connectivity index (χ1n) is 7.65. The summed E-state index contributed by atoms with van der Waals surface area (Å²) in [5.74, 6) is 0.899. The van der Waals surface area contributed by atoms with E-state index in [0.29, 0.717) is 0 Å². The number of ether oxygens (including phenoxy) is 1. The van der Waals surface area contributed by atoms with Crippen molar-refractivity contribution in [3.8, 4) is 5.75 Å². The fourth-order valence-electron chi connectivity index (χ4n) is 2.09. The molecule has 2 nitrogen and oxygen atoms in total. The molecule has 0 amide bonds. The quantitative estimate of drug-likeness (QED) is 0.611. The molecule has 19 heavy (non-hydrogen) atoms. The van der Waals surface area contributed by atoms with Crippen molar-refractivity contribution < 1.29 is 9.84 Å². The van der Waals surface area contributed by atoms with Crippen LogP contribution in [0.3, 0.4) is 0 Å². The molecule has 0 aliphatic carbocycles. The molecule has 1 rings (SSSR count). The fraction of sp³-hybridized carbons (Fsp3) is 0.647. The van der Waals surface area contributed by atoms with Gasteiger partial charge in [0.25, 0.3) is 0 Å². The van der Waals surface area contributed by atoms with Crippen molar-refractivity contribution in [2.45, 2.75) is 64.9 Å². The third kappa shape index (κ3) is 7.22. The van der Waals surface area contributed by atoms with Gasteiger partial charge in [0.2, 0.25) is 0 Å². The second-order valence-electron chi connectivity index (χ2n) is 5.21. The number of hydrogen-bond donors (Lipinski definition) is 1. The maximum atomic E-state index is 9.41. The zero-order chi connectivity index (χ0) is 13.9. The molecule has 0 fully saturated rings. The minimum absolute atomic E-state index is 0.405. The van der Waals surface area contributed by atoms with Crippen LogP contribution in [0.25, 0.3) is 0 Å². The van der Waals surface area contributed by atoms with Gasteiger partial charge in [-0.15, -0.1) is 0 Å². The molecule has 0 spiro atoms. The topological polar surface area (TPSA) is 29.5 Å². The van der Waals surface area contributed by atoms with Crippen LogP contribution in [0.5, 0.6) is 5.75 Å². The molecule has 1 aromatic carbocycles. The van der Waals surface area contributed by atoms with Crippen LogP contribution in [-0.2, 0) is 0 Å². The lowest BCUT2D eigenvalue weighted by molar-refractivity contribution is 0.199. The predicted molar refractivity (Wildman–Crippen MR) is 80.6 cm³/mol. The first kappa shape index (κ1) is 16.0. The Kier molecular flexibility index (Phi) is 8.31. The second kappa shape index (κ2) is 9.85. The molecular formula is C17H28O2. The van der Waals surface area contributed by atoms with Crippen LogP contribution >= 0.6 is 0 Å². The predicted octanol–water partition coefficient (Wildman–Crippen LogP) is 4.87. The third-order valence-electron chi connectivity index (χ3n) is 3.38. The highest BCUT2D eigenvalue weighted by Crippen LogP contribution is 2.17. The van der Waals surface area contributed by atoms with Crippen molar-refractivity contribution in [1.82, 2.24) is 0 Å². The molecule has 108 valence electrons. The minimum Gasteiger partial charge on any atom is -0.494 e. The number of benzene rings is 1. The van der Waals surface area contributed by atoms with Crippen molar-refractivity contribution >= 4 is 0 Å². The Bertz CT molecular complexity index is 317. The molecule has 0 saturated heterocycles. The average molecular weight is 264 g/mol. The van der Waals surface area contributed by atoms with Crippen LogP contribution in [0.1, 0.15) is 70.5 Å². The number of rotatable bonds is 10. The number of aliphatic hydroxyl groups excluding tert-OH is 1. The Labute approximate surface area is 117 Å². The maximum absolute atomic E-state index is 9.41. The minimum atomic E-state index is -0.405. The monoisotopic (exact) mass is 264 g/mol. The molecule has 0 radical (unpaired) electrons. The van der Waals surface area contributed by atoms with Gasteiger partial charge in [-0.05, 0) is 31.0 Å². The van der Waals surface area contributed by atoms with Gasteiger partial charge in [-0.25, -0.2) is 0 Å². The summed E-state index contributed by atoms with van der Waals surface area (Å²) in [6.07, 6.45) is 8.72. The summed E-state index contributed by atoms with van der Waals surface area (Å²) >= 11 is 0. The molecule has 1 atom stereocenters. The smallest absolute Gasteiger partial charge is 0.119 e. The number of aliphatic hydroxyl groups is 1. The van der Waals surface area contributed by atoms with Crippen molar-refractivity contribution in [2.24, 2.45) is 0 Å². The van der Waals surface area contributed by atoms with E-state index < -0.39 is 6.10 Å². The van der Waals surface area contributed by atoms with Crippen LogP contribution in [0.15, 0.2) is 24.3 Å². The van der Waals surface area contributed by atoms with E-state index >= 15 is 0 Å². The van der Waals surface area contributed by atoms with Crippen LogP contribution in [0.4, 0.5) is 0 Å². The van der Waals surface area contributed by atoms with Crippen molar-refractivity contribution in [3.05, 3.63) is 29.8 Å². The normalized spacial score (nSPS) is 12.4. The maximum Gasteiger partial charge on any atom is 0.119 e. The van der Waals surface area contributed by atoms with Gasteiger partial charge in [0, 0.05) is 0 Å². The van der Waals surface area contributed by atoms with E-state index in [-0.39, 0.29) is 0 Å². The standard InChI is InChI=1S/C17H28O2/c1-3-4-5-6-7-8-9-14-19-17-12-10-16(11-13-17)15(2)18/h10-13,15,18H,3-9,14H2,1-2H3. The lowest BCUT2D eigenvalue weighted by Crippen LogP contribution is -1.98. The van der Waals surface area contributed by atoms with E-state index in [1.807, 2.05) is 24.3 Å². The average Bonchev–Trinajstić information content (AvgIpc) is 2.42. The highest BCUT2D eigenvalue weighted by atomic mass is 16.5. The SMILES string of the molecule is CCCCCCCCCOc1ccc(C(C)O)cc1. The van der Waals surface area contributed by atoms with Gasteiger partial charge >= 0.3 is 0 Å². The van der Waals surface area contributed by atoms with Gasteiger partial charge < -0.3 is 9.84 Å². The largest absolute Gasteiger partial charge is 0.494 e. The van der Waals surface area contributed by atoms with E-state index in [9.17, 15) is 5.11 Å². The first-order chi connectivity index (χ1) is 9.24. The van der Waals surface area contributed by atoms with E-state index in [2.05, 4.69) is 6.92 Å². The molecule has 1 aromatic rings. The molecule has 0 aliphatic heterocycles. The van der Waals surface area contributed by atoms with E-state index in [1.165, 1.54) is 38.5 Å². The molecule has 0 bridgehead atoms. The molecule has 0 heterocycles. The summed E-state index contributed by atoms with van der Waals surface area (Å²) in [6, 6.07) is 7.71. The summed E-state index contributed by atoms with van der Waals surface area (Å²) in [5.41, 5.74) is 0.934. The zero-order valence-electron chi connectivity index (χ0n) is 12.4. The van der Waals surface area contributed by atoms with Gasteiger partial charge in [-0.3, -0.25) is 0 Å². The van der Waals surface area contributed by atoms with Crippen molar-refractivity contribution in [1.29, 1.82) is 0 Å². The summed E-state index contributed by atoms with van der Waals surface area (Å²) < 4.78 is 5.69. The van der Waals surface area contributed by atoms with Crippen LogP contribution in [-0.4, -0.2) is 11.7 Å². The van der Waals surface area contributed by atoms with E-state index in [0.717, 1.165) is 24.3 Å². The summed E-state index contributed by atoms with van der Waals surface area (Å²) in [7, 11) is 0. The van der Waals surface area contributed by atoms with Crippen molar-refractivity contribution in [2.75, 3.05) is 6.61 Å². The molecule has 0 aliphatic rings. The number of hydrogen-bond acceptors (Lipinski definition) is 2. The van der Waals surface area contributed by atoms with Gasteiger partial charge in [-0.2, -0.15) is 0 Å². The van der Waals surface area contributed by atoms with Gasteiger partial charge in [0.15, 0.2) is 0 Å². The van der Waals surface area contributed by atoms with Crippen LogP contribution in [0, 0.1) is 0 Å². The van der Waals surface area contributed by atoms with Crippen LogP contribution < -0.4 is 4.74 Å². The second-order valence-corrected chi connectivity index (χ2v) is 5.21. The Balaban J connectivity index is 2.06. The Morgan fingerprint density at radius 2 is 1.53 bits per heavy atom. The lowest BCUT2D eigenvalue weighted by atomic mass is 10.1. The molecule has 0 aromatic heterocycles. The number of unbranched alkanes of at least 4 members (excludes halogenated alkanes) is 6. The highest BCUT2D eigenvalue weighted by molar-refractivity contribution is 5.28. The molecular weight excluding hydrogens is 236 g/mol. The fourth-order valence-corrected chi connectivity index (χ4v) is 2.09. The Morgan fingerprint density at radius 3 is 2.11 bits per heavy atom. The van der Waals surface area contributed by atoms with Crippen LogP contribution in [0.2, 0.25) is 0 Å². The summed E-state index contributed by atoms with van der Waals surface area (Å²) in [6.45, 7) is 4.81. The van der Waals surface area contributed by atoms with Gasteiger partial charge in [-0.1, -0.05) is 57.6 Å². The molecule has 1 N–H and O–H groups in total.